The maximum atomic E-state index is 12.8. The number of carbonyl (C=O) groups excluding carboxylic acids is 1. The molecule has 4 heterocycles. The lowest BCUT2D eigenvalue weighted by molar-refractivity contribution is 0.0951. The summed E-state index contributed by atoms with van der Waals surface area (Å²) in [5.74, 6) is 3.24. The minimum atomic E-state index is -0.0909. The van der Waals surface area contributed by atoms with Crippen LogP contribution in [-0.2, 0) is 6.54 Å². The molecule has 1 N–H and O–H groups in total. The van der Waals surface area contributed by atoms with Crippen molar-refractivity contribution in [3.8, 4) is 0 Å². The van der Waals surface area contributed by atoms with E-state index in [1.54, 1.807) is 0 Å². The number of piperidine rings is 1. The standard InChI is InChI=1S/C20H24N4O2S/c1-12-7-8-15(26-12)11-21-19(25)17-13(2)16-18(24-9-5-4-6-10-24)22-14(3)23-20(16)27-17/h7-8H,4-6,9-11H2,1-3H3,(H,21,25). The highest BCUT2D eigenvalue weighted by Gasteiger charge is 2.23. The molecule has 1 amide bonds. The Balaban J connectivity index is 1.65. The van der Waals surface area contributed by atoms with Crippen LogP contribution in [0.1, 0.15) is 51.8 Å². The third-order valence-electron chi connectivity index (χ3n) is 4.96. The largest absolute Gasteiger partial charge is 0.465 e. The zero-order valence-electron chi connectivity index (χ0n) is 16.0. The molecule has 0 aliphatic carbocycles. The molecule has 0 radical (unpaired) electrons. The van der Waals surface area contributed by atoms with Crippen LogP contribution in [-0.4, -0.2) is 29.0 Å². The number of furan rings is 1. The van der Waals surface area contributed by atoms with Crippen molar-refractivity contribution in [2.45, 2.75) is 46.6 Å². The van der Waals surface area contributed by atoms with Gasteiger partial charge in [0.1, 0.15) is 28.0 Å². The number of hydrogen-bond acceptors (Lipinski definition) is 6. The molecule has 6 nitrogen and oxygen atoms in total. The highest BCUT2D eigenvalue weighted by atomic mass is 32.1. The Morgan fingerprint density at radius 2 is 1.96 bits per heavy atom. The van der Waals surface area contributed by atoms with Gasteiger partial charge in [-0.25, -0.2) is 9.97 Å². The van der Waals surface area contributed by atoms with Gasteiger partial charge in [-0.2, -0.15) is 0 Å². The Hall–Kier alpha value is -2.41. The van der Waals surface area contributed by atoms with E-state index in [2.05, 4.69) is 15.2 Å². The molecule has 4 rings (SSSR count). The molecule has 1 fully saturated rings. The van der Waals surface area contributed by atoms with E-state index in [9.17, 15) is 4.79 Å². The first-order valence-corrected chi connectivity index (χ1v) is 10.2. The zero-order valence-corrected chi connectivity index (χ0v) is 16.8. The van der Waals surface area contributed by atoms with Gasteiger partial charge in [-0.3, -0.25) is 4.79 Å². The Morgan fingerprint density at radius 3 is 2.67 bits per heavy atom. The van der Waals surface area contributed by atoms with Crippen LogP contribution in [0, 0.1) is 20.8 Å². The van der Waals surface area contributed by atoms with Crippen molar-refractivity contribution >= 4 is 33.3 Å². The van der Waals surface area contributed by atoms with Crippen LogP contribution < -0.4 is 10.2 Å². The first-order valence-electron chi connectivity index (χ1n) is 9.39. The highest BCUT2D eigenvalue weighted by Crippen LogP contribution is 2.36. The summed E-state index contributed by atoms with van der Waals surface area (Å²) in [6.07, 6.45) is 3.64. The third kappa shape index (κ3) is 3.56. The fourth-order valence-corrected chi connectivity index (χ4v) is 4.74. The van der Waals surface area contributed by atoms with Gasteiger partial charge in [-0.15, -0.1) is 11.3 Å². The quantitative estimate of drug-likeness (QED) is 0.732. The van der Waals surface area contributed by atoms with E-state index >= 15 is 0 Å². The van der Waals surface area contributed by atoms with Crippen molar-refractivity contribution in [1.29, 1.82) is 0 Å². The predicted octanol–water partition coefficient (Wildman–Crippen LogP) is 4.13. The summed E-state index contributed by atoms with van der Waals surface area (Å²) in [5.41, 5.74) is 0.962. The molecule has 0 unspecified atom stereocenters. The number of nitrogens with one attached hydrogen (secondary N) is 1. The Morgan fingerprint density at radius 1 is 1.19 bits per heavy atom. The summed E-state index contributed by atoms with van der Waals surface area (Å²) in [6.45, 7) is 8.22. The number of aryl methyl sites for hydroxylation is 3. The van der Waals surface area contributed by atoms with E-state index in [0.717, 1.165) is 52.0 Å². The molecule has 7 heteroatoms. The number of fused-ring (bicyclic) bond motifs is 1. The summed E-state index contributed by atoms with van der Waals surface area (Å²) in [7, 11) is 0. The fraction of sp³-hybridized carbons (Fsp3) is 0.450. The van der Waals surface area contributed by atoms with Gasteiger partial charge in [0.25, 0.3) is 5.91 Å². The van der Waals surface area contributed by atoms with E-state index in [0.29, 0.717) is 11.4 Å². The molecular formula is C20H24N4O2S. The molecule has 142 valence electrons. The van der Waals surface area contributed by atoms with Gasteiger partial charge in [-0.05, 0) is 57.7 Å². The molecule has 0 atom stereocenters. The lowest BCUT2D eigenvalue weighted by atomic mass is 10.1. The maximum absolute atomic E-state index is 12.8. The molecule has 0 spiro atoms. The van der Waals surface area contributed by atoms with Crippen molar-refractivity contribution in [3.63, 3.8) is 0 Å². The van der Waals surface area contributed by atoms with Crippen molar-refractivity contribution in [3.05, 3.63) is 39.9 Å². The van der Waals surface area contributed by atoms with E-state index in [1.807, 2.05) is 32.9 Å². The normalized spacial score (nSPS) is 14.7. The first kappa shape index (κ1) is 18.0. The van der Waals surface area contributed by atoms with Crippen LogP contribution >= 0.6 is 11.3 Å². The number of carbonyl (C=O) groups is 1. The molecular weight excluding hydrogens is 360 g/mol. The number of aromatic nitrogens is 2. The molecule has 1 aliphatic heterocycles. The highest BCUT2D eigenvalue weighted by molar-refractivity contribution is 7.20. The van der Waals surface area contributed by atoms with Gasteiger partial charge in [0, 0.05) is 13.1 Å². The van der Waals surface area contributed by atoms with Gasteiger partial charge >= 0.3 is 0 Å². The Kier molecular flexibility index (Phi) is 4.86. The molecule has 1 saturated heterocycles. The maximum Gasteiger partial charge on any atom is 0.262 e. The van der Waals surface area contributed by atoms with Crippen molar-refractivity contribution in [1.82, 2.24) is 15.3 Å². The van der Waals surface area contributed by atoms with Gasteiger partial charge in [0.05, 0.1) is 16.8 Å². The van der Waals surface area contributed by atoms with E-state index in [-0.39, 0.29) is 5.91 Å². The first-order chi connectivity index (χ1) is 13.0. The zero-order chi connectivity index (χ0) is 19.0. The number of thiophene rings is 1. The van der Waals surface area contributed by atoms with Crippen LogP contribution in [0.3, 0.4) is 0 Å². The summed E-state index contributed by atoms with van der Waals surface area (Å²) in [6, 6.07) is 3.78. The van der Waals surface area contributed by atoms with Crippen molar-refractivity contribution in [2.24, 2.45) is 0 Å². The monoisotopic (exact) mass is 384 g/mol. The molecule has 3 aromatic heterocycles. The van der Waals surface area contributed by atoms with Crippen LogP contribution in [0.5, 0.6) is 0 Å². The minimum absolute atomic E-state index is 0.0909. The second kappa shape index (κ2) is 7.31. The van der Waals surface area contributed by atoms with E-state index in [1.165, 1.54) is 30.6 Å². The van der Waals surface area contributed by atoms with Gasteiger partial charge < -0.3 is 14.6 Å². The van der Waals surface area contributed by atoms with Crippen LogP contribution in [0.15, 0.2) is 16.5 Å². The van der Waals surface area contributed by atoms with Crippen LogP contribution in [0.25, 0.3) is 10.2 Å². The van der Waals surface area contributed by atoms with E-state index < -0.39 is 0 Å². The Bertz CT molecular complexity index is 985. The van der Waals surface area contributed by atoms with Crippen LogP contribution in [0.4, 0.5) is 5.82 Å². The number of amides is 1. The predicted molar refractivity (Wildman–Crippen MR) is 108 cm³/mol. The lowest BCUT2D eigenvalue weighted by Gasteiger charge is -2.28. The average molecular weight is 385 g/mol. The second-order valence-corrected chi connectivity index (χ2v) is 8.07. The number of hydrogen-bond donors (Lipinski definition) is 1. The minimum Gasteiger partial charge on any atom is -0.465 e. The Labute approximate surface area is 162 Å². The smallest absolute Gasteiger partial charge is 0.262 e. The number of anilines is 1. The van der Waals surface area contributed by atoms with Crippen molar-refractivity contribution < 1.29 is 9.21 Å². The SMILES string of the molecule is Cc1nc(N2CCCCC2)c2c(C)c(C(=O)NCc3ccc(C)o3)sc2n1. The third-order valence-corrected chi connectivity index (χ3v) is 6.15. The fourth-order valence-electron chi connectivity index (χ4n) is 3.60. The summed E-state index contributed by atoms with van der Waals surface area (Å²) in [5, 5.41) is 3.98. The molecule has 0 saturated carbocycles. The summed E-state index contributed by atoms with van der Waals surface area (Å²) < 4.78 is 5.53. The van der Waals surface area contributed by atoms with Crippen LogP contribution in [0.2, 0.25) is 0 Å². The average Bonchev–Trinajstić information content (AvgIpc) is 3.23. The molecule has 27 heavy (non-hydrogen) atoms. The second-order valence-electron chi connectivity index (χ2n) is 7.07. The van der Waals surface area contributed by atoms with E-state index in [4.69, 9.17) is 9.40 Å². The molecule has 1 aliphatic rings. The molecule has 3 aromatic rings. The summed E-state index contributed by atoms with van der Waals surface area (Å²) in [4.78, 5) is 26.0. The van der Waals surface area contributed by atoms with Gasteiger partial charge in [0.15, 0.2) is 0 Å². The van der Waals surface area contributed by atoms with Gasteiger partial charge in [-0.1, -0.05) is 0 Å². The van der Waals surface area contributed by atoms with Crippen molar-refractivity contribution in [2.75, 3.05) is 18.0 Å². The molecule has 0 aromatic carbocycles. The van der Waals surface area contributed by atoms with Gasteiger partial charge in [0.2, 0.25) is 0 Å². The number of nitrogens with zero attached hydrogens (tertiary/aromatic N) is 3. The summed E-state index contributed by atoms with van der Waals surface area (Å²) >= 11 is 1.44. The topological polar surface area (TPSA) is 71.3 Å². The lowest BCUT2D eigenvalue weighted by Crippen LogP contribution is -2.30. The number of rotatable bonds is 4. The molecule has 0 bridgehead atoms.